The lowest BCUT2D eigenvalue weighted by atomic mass is 9.98. The Morgan fingerprint density at radius 1 is 0.263 bits per heavy atom. The monoisotopic (exact) mass is 1350 g/mol. The number of carbonyl (C=O) groups excluding carboxylic acids is 10. The SMILES string of the molecule is CC(C)C[C@H](NC(=O)[C@H](CCCCN)NC(=O)[C@H](CCC(=O)O)NC(=O)[C@H](CC(C)C)NC(=O)[C@H](CC(C)C)NC(=O)[C@H](CCCCN)NC(=O)[C@H](CCC(=O)O)NC(=O)[C@H](CC(C)C)NC(=O)[C@H](CC(C)C)NC(=O)[C@@H](N)CCC(=O)O)C(=O)N[C@@H](CCCCN)C(=O)O. The van der Waals surface area contributed by atoms with E-state index in [-0.39, 0.29) is 113 Å². The number of rotatable bonds is 52. The number of amides is 10. The molecule has 0 aromatic rings. The smallest absolute Gasteiger partial charge is 0.326 e. The van der Waals surface area contributed by atoms with E-state index in [9.17, 15) is 82.4 Å². The largest absolute Gasteiger partial charge is 0.481 e. The van der Waals surface area contributed by atoms with Gasteiger partial charge in [-0.1, -0.05) is 69.2 Å². The molecule has 0 heterocycles. The third kappa shape index (κ3) is 38.5. The Bertz CT molecular complexity index is 2480. The third-order valence-corrected chi connectivity index (χ3v) is 15.0. The molecule has 0 bridgehead atoms. The van der Waals surface area contributed by atoms with E-state index in [1.165, 1.54) is 0 Å². The molecule has 32 heteroatoms. The summed E-state index contributed by atoms with van der Waals surface area (Å²) in [5.41, 5.74) is 23.0. The summed E-state index contributed by atoms with van der Waals surface area (Å²) in [6.45, 7) is 18.2. The van der Waals surface area contributed by atoms with Crippen molar-refractivity contribution in [1.29, 1.82) is 0 Å². The molecule has 0 saturated carbocycles. The predicted molar refractivity (Wildman–Crippen MR) is 352 cm³/mol. The zero-order valence-corrected chi connectivity index (χ0v) is 57.3. The number of hydrogen-bond donors (Lipinski definition) is 18. The molecule has 0 saturated heterocycles. The number of carbonyl (C=O) groups is 14. The van der Waals surface area contributed by atoms with Crippen LogP contribution in [-0.4, -0.2) is 189 Å². The van der Waals surface area contributed by atoms with E-state index in [0.29, 0.717) is 32.2 Å². The lowest BCUT2D eigenvalue weighted by Crippen LogP contribution is -2.61. The van der Waals surface area contributed by atoms with Crippen molar-refractivity contribution in [3.8, 4) is 0 Å². The third-order valence-electron chi connectivity index (χ3n) is 15.0. The van der Waals surface area contributed by atoms with Crippen LogP contribution in [0, 0.1) is 29.6 Å². The van der Waals surface area contributed by atoms with E-state index < -0.39 is 182 Å². The van der Waals surface area contributed by atoms with Gasteiger partial charge in [-0.05, 0) is 158 Å². The Balaban J connectivity index is 7.13. The van der Waals surface area contributed by atoms with Gasteiger partial charge in [-0.3, -0.25) is 62.3 Å². The molecular weight excluding hydrogens is 1240 g/mol. The first-order valence-corrected chi connectivity index (χ1v) is 33.2. The van der Waals surface area contributed by atoms with Crippen LogP contribution in [-0.2, 0) is 67.1 Å². The average molecular weight is 1360 g/mol. The van der Waals surface area contributed by atoms with Gasteiger partial charge in [0.25, 0.3) is 0 Å². The van der Waals surface area contributed by atoms with E-state index >= 15 is 0 Å². The van der Waals surface area contributed by atoms with Gasteiger partial charge in [0.05, 0.1) is 6.04 Å². The highest BCUT2D eigenvalue weighted by molar-refractivity contribution is 5.99. The summed E-state index contributed by atoms with van der Waals surface area (Å²) in [6, 6.07) is -15.3. The van der Waals surface area contributed by atoms with Crippen LogP contribution >= 0.6 is 0 Å². The summed E-state index contributed by atoms with van der Waals surface area (Å²) in [5.74, 6) is -15.3. The molecule has 32 nitrogen and oxygen atoms in total. The molecule has 0 radical (unpaired) electrons. The summed E-state index contributed by atoms with van der Waals surface area (Å²) in [5, 5.41) is 64.3. The number of carboxylic acid groups (broad SMARTS) is 4. The van der Waals surface area contributed by atoms with Crippen molar-refractivity contribution in [3.63, 3.8) is 0 Å². The summed E-state index contributed by atoms with van der Waals surface area (Å²) in [7, 11) is 0. The van der Waals surface area contributed by atoms with Crippen molar-refractivity contribution >= 4 is 82.9 Å². The van der Waals surface area contributed by atoms with Crippen LogP contribution in [0.2, 0.25) is 0 Å². The van der Waals surface area contributed by atoms with Gasteiger partial charge in [-0.25, -0.2) is 4.79 Å². The Morgan fingerprint density at radius 2 is 0.453 bits per heavy atom. The van der Waals surface area contributed by atoms with Crippen molar-refractivity contribution in [2.45, 2.75) is 264 Å². The molecule has 0 rings (SSSR count). The molecule has 0 unspecified atom stereocenters. The molecule has 0 fully saturated rings. The molecule has 22 N–H and O–H groups in total. The van der Waals surface area contributed by atoms with Crippen LogP contribution < -0.4 is 76.1 Å². The van der Waals surface area contributed by atoms with Gasteiger partial charge in [0, 0.05) is 19.3 Å². The van der Waals surface area contributed by atoms with Gasteiger partial charge in [-0.15, -0.1) is 0 Å². The number of unbranched alkanes of at least 4 members (excludes halogenated alkanes) is 3. The summed E-state index contributed by atoms with van der Waals surface area (Å²) >= 11 is 0. The number of nitrogens with one attached hydrogen (secondary N) is 10. The van der Waals surface area contributed by atoms with Crippen LogP contribution in [0.1, 0.15) is 198 Å². The molecule has 95 heavy (non-hydrogen) atoms. The van der Waals surface area contributed by atoms with E-state index in [1.807, 2.05) is 0 Å². The fourth-order valence-corrected chi connectivity index (χ4v) is 10.0. The predicted octanol–water partition coefficient (Wildman–Crippen LogP) is -0.542. The van der Waals surface area contributed by atoms with Gasteiger partial charge in [-0.2, -0.15) is 0 Å². The van der Waals surface area contributed by atoms with Gasteiger partial charge < -0.3 is 96.5 Å². The lowest BCUT2D eigenvalue weighted by Gasteiger charge is -2.29. The quantitative estimate of drug-likeness (QED) is 0.0340. The van der Waals surface area contributed by atoms with Crippen molar-refractivity contribution in [2.75, 3.05) is 19.6 Å². The lowest BCUT2D eigenvalue weighted by molar-refractivity contribution is -0.143. The number of aliphatic carboxylic acids is 4. The van der Waals surface area contributed by atoms with Crippen LogP contribution in [0.25, 0.3) is 0 Å². The van der Waals surface area contributed by atoms with Crippen LogP contribution in [0.5, 0.6) is 0 Å². The van der Waals surface area contributed by atoms with Crippen LogP contribution in [0.3, 0.4) is 0 Å². The van der Waals surface area contributed by atoms with Gasteiger partial charge in [0.15, 0.2) is 0 Å². The van der Waals surface area contributed by atoms with Crippen molar-refractivity contribution in [1.82, 2.24) is 53.2 Å². The Labute approximate surface area is 558 Å². The second-order valence-electron chi connectivity index (χ2n) is 26.4. The Hall–Kier alpha value is -7.58. The minimum atomic E-state index is -1.63. The molecule has 0 aliphatic rings. The van der Waals surface area contributed by atoms with Crippen molar-refractivity contribution in [2.24, 2.45) is 52.5 Å². The standard InChI is InChI=1S/C63H114N14O18/c1-34(2)29-45(73-53(84)39(67)20-23-50(78)79)61(92)76-46(30-35(3)4)58(89)70-42(21-24-51(80)81)57(88)69-41(18-12-15-27-65)55(86)75-49(33-38(9)10)62(93)77-47(31-36(5)6)59(90)71-43(22-25-52(82)83)56(87)68-40(17-11-14-26-64)54(85)74-48(32-37(7)8)60(91)72-44(63(94)95)19-13-16-28-66/h34-49H,11-33,64-67H2,1-10H3,(H,68,87)(H,69,88)(H,70,89)(H,71,90)(H,72,91)(H,73,84)(H,74,85)(H,75,86)(H,76,92)(H,77,93)(H,78,79)(H,80,81)(H,82,83)(H,94,95)/t39-,40-,41-,42-,43-,44-,45-,46-,47-,48-,49-/m0/s1. The molecule has 0 aliphatic heterocycles. The summed E-state index contributed by atoms with van der Waals surface area (Å²) in [6.07, 6.45) is -0.724. The summed E-state index contributed by atoms with van der Waals surface area (Å²) in [4.78, 5) is 188. The van der Waals surface area contributed by atoms with E-state index in [0.717, 1.165) is 0 Å². The van der Waals surface area contributed by atoms with Crippen LogP contribution in [0.15, 0.2) is 0 Å². The molecule has 0 spiro atoms. The number of nitrogens with two attached hydrogens (primary N) is 4. The zero-order chi connectivity index (χ0) is 72.7. The van der Waals surface area contributed by atoms with Gasteiger partial charge in [0.1, 0.15) is 60.4 Å². The van der Waals surface area contributed by atoms with Gasteiger partial charge in [0.2, 0.25) is 59.1 Å². The van der Waals surface area contributed by atoms with E-state index in [2.05, 4.69) is 53.2 Å². The molecule has 0 aliphatic carbocycles. The van der Waals surface area contributed by atoms with Gasteiger partial charge >= 0.3 is 23.9 Å². The van der Waals surface area contributed by atoms with Crippen molar-refractivity contribution in [3.05, 3.63) is 0 Å². The molecule has 544 valence electrons. The molecule has 0 aromatic carbocycles. The average Bonchev–Trinajstić information content (AvgIpc) is 0.902. The first kappa shape index (κ1) is 87.4. The number of hydrogen-bond acceptors (Lipinski definition) is 18. The maximum Gasteiger partial charge on any atom is 0.326 e. The molecule has 0 aromatic heterocycles. The van der Waals surface area contributed by atoms with E-state index in [4.69, 9.17) is 28.0 Å². The Kier molecular flexibility index (Phi) is 43.6. The highest BCUT2D eigenvalue weighted by Crippen LogP contribution is 2.16. The first-order chi connectivity index (χ1) is 44.5. The second kappa shape index (κ2) is 47.3. The second-order valence-corrected chi connectivity index (χ2v) is 26.4. The normalized spacial score (nSPS) is 14.9. The molecular formula is C63H114N14O18. The fourth-order valence-electron chi connectivity index (χ4n) is 10.0. The van der Waals surface area contributed by atoms with E-state index in [1.54, 1.807) is 69.2 Å². The minimum Gasteiger partial charge on any atom is -0.481 e. The summed E-state index contributed by atoms with van der Waals surface area (Å²) < 4.78 is 0. The van der Waals surface area contributed by atoms with Crippen molar-refractivity contribution < 1.29 is 87.5 Å². The topological polar surface area (TPSA) is 544 Å². The highest BCUT2D eigenvalue weighted by Gasteiger charge is 2.37. The minimum absolute atomic E-state index is 0.00755. The first-order valence-electron chi connectivity index (χ1n) is 33.2. The fraction of sp³-hybridized carbons (Fsp3) is 0.778. The highest BCUT2D eigenvalue weighted by atomic mass is 16.4. The Morgan fingerprint density at radius 3 is 0.674 bits per heavy atom. The maximum absolute atomic E-state index is 14.5. The zero-order valence-electron chi connectivity index (χ0n) is 57.3. The van der Waals surface area contributed by atoms with Crippen LogP contribution in [0.4, 0.5) is 0 Å². The maximum atomic E-state index is 14.5. The number of carboxylic acids is 4. The molecule has 10 amide bonds. The molecule has 11 atom stereocenters.